The van der Waals surface area contributed by atoms with Gasteiger partial charge in [-0.1, -0.05) is 127 Å². The summed E-state index contributed by atoms with van der Waals surface area (Å²) in [6.45, 7) is 20.6. The molecule has 4 aliphatic rings. The number of aliphatic hydroxyl groups is 4. The molecular formula is C90H133N10O24P. The van der Waals surface area contributed by atoms with Crippen LogP contribution < -0.4 is 52.2 Å². The molecule has 34 nitrogen and oxygen atoms in total. The van der Waals surface area contributed by atoms with E-state index in [0.29, 0.717) is 65.7 Å². The van der Waals surface area contributed by atoms with Crippen molar-refractivity contribution in [2.24, 2.45) is 35.5 Å². The van der Waals surface area contributed by atoms with Crippen LogP contribution in [0, 0.1) is 35.5 Å². The van der Waals surface area contributed by atoms with Gasteiger partial charge in [0, 0.05) is 83.6 Å². The van der Waals surface area contributed by atoms with Gasteiger partial charge < -0.3 is 89.9 Å². The zero-order valence-corrected chi connectivity index (χ0v) is 75.7. The third kappa shape index (κ3) is 36.4. The number of methoxy groups -OCH3 is 2. The Morgan fingerprint density at radius 3 is 1.35 bits per heavy atom. The number of likely N-dealkylation sites (N-methyl/N-ethyl adjacent to an activating group) is 1. The van der Waals surface area contributed by atoms with Crippen LogP contribution in [0.1, 0.15) is 158 Å². The van der Waals surface area contributed by atoms with Crippen molar-refractivity contribution < 1.29 is 115 Å². The Kier molecular flexibility index (Phi) is 47.5. The van der Waals surface area contributed by atoms with E-state index in [9.17, 15) is 87.3 Å². The number of fused-ring (bicyclic) bond motifs is 4. The zero-order chi connectivity index (χ0) is 93.2. The fourth-order valence-corrected chi connectivity index (χ4v) is 15.3. The highest BCUT2D eigenvalue weighted by atomic mass is 31.2. The number of ketones is 2. The minimum atomic E-state index is -3.20. The summed E-state index contributed by atoms with van der Waals surface area (Å²) in [6.07, 6.45) is 14.2. The summed E-state index contributed by atoms with van der Waals surface area (Å²) in [5.41, 5.74) is 8.48. The number of hydrogen-bond donors (Lipinski definition) is 12. The normalized spacial score (nSPS) is 27.1. The highest BCUT2D eigenvalue weighted by Gasteiger charge is 2.42. The average molecular weight is 1770 g/mol. The molecule has 2 aromatic carbocycles. The monoisotopic (exact) mass is 1770 g/mol. The molecule has 4 bridgehead atoms. The number of amides is 8. The van der Waals surface area contributed by atoms with Crippen LogP contribution in [0.5, 0.6) is 11.5 Å². The van der Waals surface area contributed by atoms with Crippen molar-refractivity contribution in [2.75, 3.05) is 60.8 Å². The molecule has 8 amide bonds. The molecular weight excluding hydrogens is 1640 g/mol. The molecule has 692 valence electrons. The van der Waals surface area contributed by atoms with Crippen molar-refractivity contribution in [3.8, 4) is 11.5 Å². The van der Waals surface area contributed by atoms with Crippen molar-refractivity contribution in [1.29, 1.82) is 0 Å². The summed E-state index contributed by atoms with van der Waals surface area (Å²) >= 11 is 0. The maximum Gasteiger partial charge on any atom is 0.340 e. The van der Waals surface area contributed by atoms with Gasteiger partial charge in [-0.05, 0) is 145 Å². The third-order valence-electron chi connectivity index (χ3n) is 21.4. The van der Waals surface area contributed by atoms with E-state index >= 15 is 0 Å². The fraction of sp³-hybridized carbons (Fsp3) is 0.567. The number of benzene rings is 2. The number of ether oxygens (including phenoxy) is 4. The SMILES string of the molecule is CCOP(=O)(CC(=O)NC)OCC.CNC(=O)/C=C/C=C(\C)[C@@H]1C/C=C/C=C/[C@H](O)[C@H](C)[C@@H](O)[C@@H](CCC(C)=O)C(=O)N[C@@H](C(C)C)C(=O)N[C@@H](Cc2cccc(OC)c2)C(=O)N2CCCC(N2)C(=O)O1.COc1cccc(C[C@@H]2NC(=O)[C@H](C(C)C)NC(=O)[C@H](CCC(C)=O)[C@H](O)[C@@H](C)[C@@H](O)/C=C/C=C/C[C@@H](/C(C)=C/C=O)OC(=O)C3CCCN(N3)C2=O)c1. The number of nitrogens with one attached hydrogen (secondary N) is 8. The molecule has 35 heteroatoms. The highest BCUT2D eigenvalue weighted by Crippen LogP contribution is 2.47. The van der Waals surface area contributed by atoms with Crippen molar-refractivity contribution in [3.05, 3.63) is 144 Å². The lowest BCUT2D eigenvalue weighted by Crippen LogP contribution is -2.62. The van der Waals surface area contributed by atoms with Gasteiger partial charge in [0.1, 0.15) is 84.0 Å². The maximum absolute atomic E-state index is 14.4. The molecule has 6 rings (SSSR count). The first-order valence-corrected chi connectivity index (χ1v) is 44.2. The Labute approximate surface area is 733 Å². The predicted octanol–water partition coefficient (Wildman–Crippen LogP) is 5.65. The van der Waals surface area contributed by atoms with Gasteiger partial charge >= 0.3 is 19.5 Å². The predicted molar refractivity (Wildman–Crippen MR) is 468 cm³/mol. The van der Waals surface area contributed by atoms with Crippen LogP contribution in [0.15, 0.2) is 133 Å². The number of allylic oxidation sites excluding steroid dienone is 7. The number of carbonyl (C=O) groups excluding carboxylic acids is 13. The number of aliphatic hydroxyl groups excluding tert-OH is 4. The largest absolute Gasteiger partial charge is 0.497 e. The maximum atomic E-state index is 14.4. The van der Waals surface area contributed by atoms with Crippen LogP contribution in [0.2, 0.25) is 0 Å². The molecule has 0 saturated carbocycles. The molecule has 16 atom stereocenters. The molecule has 0 aromatic heterocycles. The summed E-state index contributed by atoms with van der Waals surface area (Å²) < 4.78 is 44.1. The number of aldehydes is 1. The van der Waals surface area contributed by atoms with Crippen molar-refractivity contribution in [1.82, 2.24) is 52.8 Å². The fourth-order valence-electron chi connectivity index (χ4n) is 13.8. The smallest absolute Gasteiger partial charge is 0.340 e. The second-order valence-electron chi connectivity index (χ2n) is 31.9. The van der Waals surface area contributed by atoms with Gasteiger partial charge in [0.05, 0.1) is 63.7 Å². The third-order valence-corrected chi connectivity index (χ3v) is 23.4. The quantitative estimate of drug-likeness (QED) is 0.0188. The summed E-state index contributed by atoms with van der Waals surface area (Å²) in [5.74, 6) is -9.88. The van der Waals surface area contributed by atoms with Gasteiger partial charge in [0.2, 0.25) is 35.4 Å². The minimum absolute atomic E-state index is 0.0142. The van der Waals surface area contributed by atoms with Crippen molar-refractivity contribution in [3.63, 3.8) is 0 Å². The number of nitrogens with zero attached hydrogens (tertiary/aromatic N) is 2. The van der Waals surface area contributed by atoms with Crippen LogP contribution in [0.4, 0.5) is 0 Å². The van der Waals surface area contributed by atoms with Gasteiger partial charge in [-0.3, -0.25) is 67.3 Å². The van der Waals surface area contributed by atoms with Gasteiger partial charge in [-0.25, -0.2) is 10.9 Å². The van der Waals surface area contributed by atoms with Gasteiger partial charge in [0.15, 0.2) is 0 Å². The number of cyclic esters (lactones) is 2. The highest BCUT2D eigenvalue weighted by molar-refractivity contribution is 7.54. The van der Waals surface area contributed by atoms with Crippen LogP contribution in [-0.2, 0) is 98.3 Å². The number of rotatable bonds is 25. The van der Waals surface area contributed by atoms with E-state index in [1.54, 1.807) is 166 Å². The molecule has 2 aromatic rings. The van der Waals surface area contributed by atoms with Crippen molar-refractivity contribution >= 4 is 84.6 Å². The van der Waals surface area contributed by atoms with E-state index in [4.69, 9.17) is 28.0 Å². The molecule has 125 heavy (non-hydrogen) atoms. The van der Waals surface area contributed by atoms with Crippen LogP contribution in [-0.4, -0.2) is 241 Å². The summed E-state index contributed by atoms with van der Waals surface area (Å²) in [6, 6.07) is 7.65. The molecule has 2 fully saturated rings. The summed E-state index contributed by atoms with van der Waals surface area (Å²) in [5, 5.41) is 63.5. The second kappa shape index (κ2) is 55.3. The molecule has 4 heterocycles. The Hall–Kier alpha value is -10.2. The average Bonchev–Trinajstić information content (AvgIpc) is 0.824. The topological polar surface area (TPSA) is 478 Å². The standard InChI is InChI=1S/C43H61N5O10.C40H56N4O10.C7H16NO4P/c1-26(2)38-41(54)45-34(25-30-15-12-16-31(24-30)57-7)42(55)48-23-13-17-33(47-48)43(56)58-36(27(3)14-11-20-37(51)44-6)19-10-8-9-18-35(50)29(5)39(52)32(40(53)46-38)22-21-28(4)49;1-24(2)35-38(50)41-32(23-28-12-10-13-29(22-28)53-6)39(51)44-20-11-14-31(43-44)40(52)54-34(25(3)19-21-45)16-9-7-8-15-33(47)27(5)36(48)30(37(49)42-35)18-17-26(4)46;1-4-11-13(10,12-5-2)6-7(9)8-3/h8-12,14-16,18,20,24,26,29,32-36,38-39,47,50,52H,13,17,19,21-23,25H2,1-7H3,(H,44,51)(H,45,54)(H,46,53);7-10,12-13,15,19,21-22,24,27,30-36,43,47-48H,11,14,16-18,20,23H2,1-6H3,(H,41,50)(H,42,49);4-6H2,1-3H3,(H,8,9)/b10-8+,18-9+,20-11+,27-14+;9-7+,15-8+,25-19+;/t29-,32+,33?,34-,35-,36-,38-,39+;27-,30+,31?,32-,33-,34-,35-,36+;/m00./s1. The lowest BCUT2D eigenvalue weighted by Gasteiger charge is -2.36. The molecule has 12 N–H and O–H groups in total. The minimum Gasteiger partial charge on any atom is -0.497 e. The van der Waals surface area contributed by atoms with Crippen molar-refractivity contribution in [2.45, 2.75) is 233 Å². The van der Waals surface area contributed by atoms with E-state index in [-0.39, 0.29) is 107 Å². The lowest BCUT2D eigenvalue weighted by atomic mass is 9.84. The van der Waals surface area contributed by atoms with E-state index in [0.717, 1.165) is 0 Å². The number of carbonyl (C=O) groups is 13. The Bertz CT molecular complexity index is 4190. The van der Waals surface area contributed by atoms with Crippen LogP contribution in [0.3, 0.4) is 0 Å². The van der Waals surface area contributed by atoms with Gasteiger partial charge in [-0.2, -0.15) is 0 Å². The number of hydrogen-bond acceptors (Lipinski definition) is 26. The Balaban J connectivity index is 0.000000459. The molecule has 2 unspecified atom stereocenters. The molecule has 0 aliphatic carbocycles. The number of hydrazine groups is 2. The zero-order valence-electron chi connectivity index (χ0n) is 74.8. The van der Waals surface area contributed by atoms with Crippen LogP contribution in [0.25, 0.3) is 0 Å². The van der Waals surface area contributed by atoms with Gasteiger partial charge in [-0.15, -0.1) is 0 Å². The number of Topliss-reactive ketones (excluding diaryl/α,β-unsaturated/α-hetero) is 2. The number of esters is 2. The van der Waals surface area contributed by atoms with E-state index in [1.807, 2.05) is 0 Å². The lowest BCUT2D eigenvalue weighted by molar-refractivity contribution is -0.157. The second-order valence-corrected chi connectivity index (χ2v) is 33.9. The van der Waals surface area contributed by atoms with Crippen LogP contribution >= 0.6 is 7.60 Å². The first-order chi connectivity index (χ1) is 59.3. The first-order valence-electron chi connectivity index (χ1n) is 42.5. The molecule has 0 radical (unpaired) electrons. The Morgan fingerprint density at radius 1 is 0.584 bits per heavy atom. The molecule has 2 saturated heterocycles. The summed E-state index contributed by atoms with van der Waals surface area (Å²) in [4.78, 5) is 170. The molecule has 0 spiro atoms. The Morgan fingerprint density at radius 2 is 0.992 bits per heavy atom. The van der Waals surface area contributed by atoms with E-state index in [2.05, 4.69) is 42.8 Å². The molecule has 4 aliphatic heterocycles. The van der Waals surface area contributed by atoms with Gasteiger partial charge in [0.25, 0.3) is 11.8 Å². The summed E-state index contributed by atoms with van der Waals surface area (Å²) in [7, 11) is 2.81. The first kappa shape index (κ1) is 107. The van der Waals surface area contributed by atoms with E-state index < -0.39 is 163 Å². The van der Waals surface area contributed by atoms with E-state index in [1.165, 1.54) is 76.5 Å².